The highest BCUT2D eigenvalue weighted by atomic mass is 16.6. The average molecular weight is 1420 g/mol. The van der Waals surface area contributed by atoms with Crippen LogP contribution in [-0.4, -0.2) is 9.85 Å². The normalized spacial score (nSPS) is 11.6. The second-order valence-corrected chi connectivity index (χ2v) is 29.3. The number of rotatable bonds is 22. The van der Waals surface area contributed by atoms with E-state index < -0.39 is 9.85 Å². The van der Waals surface area contributed by atoms with E-state index in [1.807, 2.05) is 89.8 Å². The molecular formula is C96H88N8O4. The number of hydrogen-bond acceptors (Lipinski definition) is 10. The van der Waals surface area contributed by atoms with Gasteiger partial charge in [0.2, 0.25) is 0 Å². The molecule has 0 heterocycles. The molecule has 0 amide bonds. The van der Waals surface area contributed by atoms with Crippen molar-refractivity contribution in [3.63, 3.8) is 0 Å². The summed E-state index contributed by atoms with van der Waals surface area (Å²) in [6, 6.07) is 123. The standard InChI is InChI=1S/C48H42N4O4.C48H46N4/c1-47(2,35-11-7-5-8-12-35)37-15-19-39(20-16-37)49(40-21-17-38(18-22-40)48(3,4)36-13-9-6-10-14-36)41-23-25-42(26-24-41)50(43-27-31-45(32-28-43)51(53)54)44-29-33-46(34-30-44)52(55)56;1-47(2,35-11-7-5-8-12-35)37-15-23-41(24-16-37)51(42-25-17-38(18-26-42)48(3,4)36-13-9-6-10-14-36)45-31-33-46(34-32-45)52(43-27-19-39(49)20-28-43)44-29-21-40(50)22-30-44/h5-34H,1-4H3;5-34H,49-50H2,1-4H3. The van der Waals surface area contributed by atoms with Crippen molar-refractivity contribution in [2.45, 2.75) is 77.0 Å². The van der Waals surface area contributed by atoms with Crippen LogP contribution in [0.1, 0.15) is 99.9 Å². The fraction of sp³-hybridized carbons (Fsp3) is 0.125. The molecule has 0 spiro atoms. The minimum atomic E-state index is -0.437. The van der Waals surface area contributed by atoms with Crippen molar-refractivity contribution in [3.8, 4) is 0 Å². The minimum absolute atomic E-state index is 0.0280. The Morgan fingerprint density at radius 3 is 0.491 bits per heavy atom. The maximum atomic E-state index is 11.4. The number of benzene rings is 14. The second-order valence-electron chi connectivity index (χ2n) is 29.3. The van der Waals surface area contributed by atoms with Crippen LogP contribution >= 0.6 is 0 Å². The zero-order valence-corrected chi connectivity index (χ0v) is 62.1. The van der Waals surface area contributed by atoms with Crippen molar-refractivity contribution in [1.82, 2.24) is 0 Å². The fourth-order valence-corrected chi connectivity index (χ4v) is 14.2. The van der Waals surface area contributed by atoms with Gasteiger partial charge in [0.05, 0.1) is 9.85 Å². The van der Waals surface area contributed by atoms with Crippen LogP contribution in [0, 0.1) is 20.2 Å². The van der Waals surface area contributed by atoms with Gasteiger partial charge in [-0.3, -0.25) is 20.2 Å². The molecule has 0 bridgehead atoms. The molecule has 12 heteroatoms. The summed E-state index contributed by atoms with van der Waals surface area (Å²) >= 11 is 0. The predicted octanol–water partition coefficient (Wildman–Crippen LogP) is 25.5. The molecule has 0 atom stereocenters. The molecule has 0 unspecified atom stereocenters. The van der Waals surface area contributed by atoms with E-state index in [1.54, 1.807) is 24.3 Å². The van der Waals surface area contributed by atoms with Gasteiger partial charge in [0.15, 0.2) is 0 Å². The third kappa shape index (κ3) is 15.7. The molecule has 0 saturated heterocycles. The van der Waals surface area contributed by atoms with Crippen LogP contribution in [0.3, 0.4) is 0 Å². The van der Waals surface area contributed by atoms with Crippen LogP contribution < -0.4 is 31.1 Å². The lowest BCUT2D eigenvalue weighted by Gasteiger charge is -2.31. The molecule has 4 N–H and O–H groups in total. The van der Waals surface area contributed by atoms with E-state index in [9.17, 15) is 20.2 Å². The summed E-state index contributed by atoms with van der Waals surface area (Å²) < 4.78 is 0. The number of nitrogens with two attached hydrogens (primary N) is 2. The molecule has 0 radical (unpaired) electrons. The van der Waals surface area contributed by atoms with Gasteiger partial charge in [-0.1, -0.05) is 225 Å². The zero-order valence-electron chi connectivity index (χ0n) is 62.1. The van der Waals surface area contributed by atoms with Crippen molar-refractivity contribution in [2.75, 3.05) is 31.1 Å². The molecule has 536 valence electrons. The Balaban J connectivity index is 0.000000191. The van der Waals surface area contributed by atoms with Crippen LogP contribution in [0.2, 0.25) is 0 Å². The lowest BCUT2D eigenvalue weighted by molar-refractivity contribution is -0.385. The highest BCUT2D eigenvalue weighted by molar-refractivity contribution is 5.84. The van der Waals surface area contributed by atoms with Gasteiger partial charge in [-0.05, 0) is 214 Å². The number of nitro benzene ring substituents is 2. The molecule has 0 aliphatic heterocycles. The number of anilines is 14. The Labute approximate surface area is 634 Å². The van der Waals surface area contributed by atoms with Gasteiger partial charge in [-0.2, -0.15) is 0 Å². The van der Waals surface area contributed by atoms with Crippen LogP contribution in [-0.2, 0) is 21.7 Å². The average Bonchev–Trinajstić information content (AvgIpc) is 0.766. The van der Waals surface area contributed by atoms with Crippen molar-refractivity contribution in [3.05, 3.63) is 429 Å². The van der Waals surface area contributed by atoms with Gasteiger partial charge in [0.25, 0.3) is 11.4 Å². The summed E-state index contributed by atoms with van der Waals surface area (Å²) in [6.45, 7) is 18.1. The molecule has 0 saturated carbocycles. The van der Waals surface area contributed by atoms with Crippen molar-refractivity contribution in [2.24, 2.45) is 0 Å². The van der Waals surface area contributed by atoms with Crippen molar-refractivity contribution < 1.29 is 9.85 Å². The highest BCUT2D eigenvalue weighted by Crippen LogP contribution is 2.46. The topological polar surface area (TPSA) is 151 Å². The van der Waals surface area contributed by atoms with Gasteiger partial charge < -0.3 is 31.1 Å². The molecule has 108 heavy (non-hydrogen) atoms. The largest absolute Gasteiger partial charge is 0.399 e. The van der Waals surface area contributed by atoms with E-state index in [0.29, 0.717) is 11.4 Å². The number of nitrogens with zero attached hydrogens (tertiary/aromatic N) is 6. The van der Waals surface area contributed by atoms with Crippen LogP contribution in [0.15, 0.2) is 364 Å². The first-order chi connectivity index (χ1) is 52.0. The fourth-order valence-electron chi connectivity index (χ4n) is 14.2. The van der Waals surface area contributed by atoms with Crippen LogP contribution in [0.4, 0.5) is 91.0 Å². The van der Waals surface area contributed by atoms with Crippen LogP contribution in [0.25, 0.3) is 0 Å². The molecule has 0 aliphatic carbocycles. The monoisotopic (exact) mass is 1420 g/mol. The van der Waals surface area contributed by atoms with Gasteiger partial charge in [-0.25, -0.2) is 0 Å². The summed E-state index contributed by atoms with van der Waals surface area (Å²) in [7, 11) is 0. The third-order valence-corrected chi connectivity index (χ3v) is 21.0. The first-order valence-corrected chi connectivity index (χ1v) is 36.3. The number of hydrogen-bond donors (Lipinski definition) is 2. The molecule has 0 aromatic heterocycles. The highest BCUT2D eigenvalue weighted by Gasteiger charge is 2.29. The third-order valence-electron chi connectivity index (χ3n) is 21.0. The quantitative estimate of drug-likeness (QED) is 0.0381. The lowest BCUT2D eigenvalue weighted by Crippen LogP contribution is -2.19. The van der Waals surface area contributed by atoms with Crippen molar-refractivity contribution in [1.29, 1.82) is 0 Å². The van der Waals surface area contributed by atoms with E-state index >= 15 is 0 Å². The molecule has 14 aromatic rings. The maximum Gasteiger partial charge on any atom is 0.269 e. The Hall–Kier alpha value is -13.3. The Morgan fingerprint density at radius 1 is 0.204 bits per heavy atom. The SMILES string of the molecule is CC(C)(c1ccccc1)c1ccc(N(c2ccc(N(c3ccc(N)cc3)c3ccc(N)cc3)cc2)c2ccc(C(C)(C)c3ccccc3)cc2)cc1.CC(C)(c1ccccc1)c1ccc(N(c2ccc(N(c3ccc([N+](=O)[O-])cc3)c3ccc([N+](=O)[O-])cc3)cc2)c2ccc(C(C)(C)c3ccccc3)cc2)cc1. The lowest BCUT2D eigenvalue weighted by atomic mass is 9.78. The molecular weight excluding hydrogens is 1330 g/mol. The van der Waals surface area contributed by atoms with E-state index in [0.717, 1.165) is 68.2 Å². The van der Waals surface area contributed by atoms with E-state index in [4.69, 9.17) is 11.5 Å². The van der Waals surface area contributed by atoms with Crippen LogP contribution in [0.5, 0.6) is 0 Å². The second kappa shape index (κ2) is 31.2. The number of nitro groups is 2. The smallest absolute Gasteiger partial charge is 0.269 e. The Kier molecular flexibility index (Phi) is 21.1. The summed E-state index contributed by atoms with van der Waals surface area (Å²) in [6.07, 6.45) is 0. The molecule has 12 nitrogen and oxygen atoms in total. The summed E-state index contributed by atoms with van der Waals surface area (Å²) in [5, 5.41) is 22.9. The zero-order chi connectivity index (χ0) is 75.7. The number of nitrogen functional groups attached to an aromatic ring is 2. The van der Waals surface area contributed by atoms with E-state index in [2.05, 4.69) is 301 Å². The Bertz CT molecular complexity index is 5030. The first kappa shape index (κ1) is 73.0. The molecule has 0 aliphatic rings. The number of non-ortho nitro benzene ring substituents is 2. The minimum Gasteiger partial charge on any atom is -0.399 e. The molecule has 0 fully saturated rings. The van der Waals surface area contributed by atoms with Gasteiger partial charge in [0.1, 0.15) is 0 Å². The summed E-state index contributed by atoms with van der Waals surface area (Å²) in [4.78, 5) is 30.7. The maximum absolute atomic E-state index is 11.4. The summed E-state index contributed by atoms with van der Waals surface area (Å²) in [5.74, 6) is 0. The predicted molar refractivity (Wildman–Crippen MR) is 448 cm³/mol. The molecule has 14 aromatic carbocycles. The first-order valence-electron chi connectivity index (χ1n) is 36.3. The van der Waals surface area contributed by atoms with Crippen molar-refractivity contribution >= 4 is 91.0 Å². The van der Waals surface area contributed by atoms with E-state index in [1.165, 1.54) is 68.8 Å². The van der Waals surface area contributed by atoms with Gasteiger partial charge >= 0.3 is 0 Å². The van der Waals surface area contributed by atoms with E-state index in [-0.39, 0.29) is 33.0 Å². The Morgan fingerprint density at radius 2 is 0.333 bits per heavy atom. The summed E-state index contributed by atoms with van der Waals surface area (Å²) in [5.41, 5.74) is 34.2. The van der Waals surface area contributed by atoms with Gasteiger partial charge in [0, 0.05) is 126 Å². The van der Waals surface area contributed by atoms with Gasteiger partial charge in [-0.15, -0.1) is 0 Å². The molecule has 14 rings (SSSR count).